The van der Waals surface area contributed by atoms with Crippen molar-refractivity contribution in [2.45, 2.75) is 56.6 Å². The summed E-state index contributed by atoms with van der Waals surface area (Å²) in [6.07, 6.45) is 9.25. The van der Waals surface area contributed by atoms with E-state index in [0.29, 0.717) is 11.6 Å². The van der Waals surface area contributed by atoms with Crippen LogP contribution in [0, 0.1) is 0 Å². The summed E-state index contributed by atoms with van der Waals surface area (Å²) in [7, 11) is 0. The average molecular weight is 238 g/mol. The Morgan fingerprint density at radius 2 is 2.00 bits per heavy atom. The van der Waals surface area contributed by atoms with E-state index in [1.54, 1.807) is 0 Å². The molecule has 2 heterocycles. The van der Waals surface area contributed by atoms with Gasteiger partial charge in [-0.3, -0.25) is 0 Å². The van der Waals surface area contributed by atoms with E-state index < -0.39 is 0 Å². The molecule has 0 amide bonds. The van der Waals surface area contributed by atoms with Gasteiger partial charge in [-0.2, -0.15) is 0 Å². The molecule has 1 saturated carbocycles. The highest BCUT2D eigenvalue weighted by atomic mass is 16.5. The quantitative estimate of drug-likeness (QED) is 0.808. The van der Waals surface area contributed by atoms with Gasteiger partial charge in [0.25, 0.3) is 0 Å². The van der Waals surface area contributed by atoms with Crippen molar-refractivity contribution in [2.75, 3.05) is 32.8 Å². The van der Waals surface area contributed by atoms with Crippen molar-refractivity contribution in [3.8, 4) is 0 Å². The lowest BCUT2D eigenvalue weighted by molar-refractivity contribution is -0.135. The van der Waals surface area contributed by atoms with E-state index in [9.17, 15) is 0 Å². The lowest BCUT2D eigenvalue weighted by Gasteiger charge is -2.47. The maximum atomic E-state index is 5.96. The highest BCUT2D eigenvalue weighted by Crippen LogP contribution is 2.42. The van der Waals surface area contributed by atoms with Crippen molar-refractivity contribution in [1.82, 2.24) is 10.2 Å². The van der Waals surface area contributed by atoms with Crippen LogP contribution in [0.4, 0.5) is 0 Å². The molecule has 1 N–H and O–H groups in total. The zero-order valence-corrected chi connectivity index (χ0v) is 10.9. The Morgan fingerprint density at radius 1 is 1.18 bits per heavy atom. The van der Waals surface area contributed by atoms with Crippen LogP contribution in [0.3, 0.4) is 0 Å². The average Bonchev–Trinajstić information content (AvgIpc) is 2.80. The second-order valence-corrected chi connectivity index (χ2v) is 6.08. The van der Waals surface area contributed by atoms with E-state index >= 15 is 0 Å². The molecule has 0 bridgehead atoms. The third-order valence-electron chi connectivity index (χ3n) is 4.82. The first-order valence-corrected chi connectivity index (χ1v) is 7.46. The van der Waals surface area contributed by atoms with E-state index in [1.807, 2.05) is 0 Å². The molecular formula is C14H26N2O. The number of nitrogens with one attached hydrogen (secondary N) is 1. The van der Waals surface area contributed by atoms with Gasteiger partial charge in [-0.25, -0.2) is 0 Å². The van der Waals surface area contributed by atoms with Gasteiger partial charge < -0.3 is 15.0 Å². The zero-order chi connectivity index (χ0) is 11.6. The minimum Gasteiger partial charge on any atom is -0.375 e. The van der Waals surface area contributed by atoms with E-state index in [-0.39, 0.29) is 0 Å². The van der Waals surface area contributed by atoms with Gasteiger partial charge in [0.2, 0.25) is 0 Å². The summed E-state index contributed by atoms with van der Waals surface area (Å²) < 4.78 is 5.96. The molecule has 0 aromatic heterocycles. The van der Waals surface area contributed by atoms with Crippen LogP contribution < -0.4 is 5.32 Å². The summed E-state index contributed by atoms with van der Waals surface area (Å²) in [5.74, 6) is 0. The SMILES string of the molecule is C1CCN(CCNC2CCOC3(CCC3)C2)C1. The predicted molar refractivity (Wildman–Crippen MR) is 69.2 cm³/mol. The van der Waals surface area contributed by atoms with Gasteiger partial charge in [0.05, 0.1) is 5.60 Å². The topological polar surface area (TPSA) is 24.5 Å². The molecule has 1 spiro atoms. The number of rotatable bonds is 4. The molecule has 1 atom stereocenters. The molecule has 0 radical (unpaired) electrons. The lowest BCUT2D eigenvalue weighted by Crippen LogP contribution is -2.51. The molecular weight excluding hydrogens is 212 g/mol. The Bertz CT molecular complexity index is 247. The van der Waals surface area contributed by atoms with Crippen LogP contribution in [-0.2, 0) is 4.74 Å². The monoisotopic (exact) mass is 238 g/mol. The molecule has 17 heavy (non-hydrogen) atoms. The first-order chi connectivity index (χ1) is 8.36. The first-order valence-electron chi connectivity index (χ1n) is 7.46. The molecule has 1 unspecified atom stereocenters. The minimum absolute atomic E-state index is 0.295. The van der Waals surface area contributed by atoms with Crippen LogP contribution >= 0.6 is 0 Å². The molecule has 3 aliphatic rings. The van der Waals surface area contributed by atoms with Crippen molar-refractivity contribution in [3.05, 3.63) is 0 Å². The standard InChI is InChI=1S/C14H26N2O/c1-2-9-16(8-1)10-7-15-13-4-11-17-14(12-13)5-3-6-14/h13,15H,1-12H2. The Morgan fingerprint density at radius 3 is 2.71 bits per heavy atom. The highest BCUT2D eigenvalue weighted by molar-refractivity contribution is 4.96. The van der Waals surface area contributed by atoms with Gasteiger partial charge in [0, 0.05) is 25.7 Å². The number of hydrogen-bond donors (Lipinski definition) is 1. The summed E-state index contributed by atoms with van der Waals surface area (Å²) in [6, 6.07) is 0.714. The second-order valence-electron chi connectivity index (χ2n) is 6.08. The minimum atomic E-state index is 0.295. The molecule has 0 aromatic rings. The number of ether oxygens (including phenoxy) is 1. The fourth-order valence-corrected chi connectivity index (χ4v) is 3.55. The molecule has 3 nitrogen and oxygen atoms in total. The second kappa shape index (κ2) is 5.25. The van der Waals surface area contributed by atoms with Gasteiger partial charge in [-0.15, -0.1) is 0 Å². The molecule has 3 fully saturated rings. The van der Waals surface area contributed by atoms with Crippen LogP contribution in [0.5, 0.6) is 0 Å². The van der Waals surface area contributed by atoms with Gasteiger partial charge in [0.1, 0.15) is 0 Å². The normalized spacial score (nSPS) is 32.8. The molecule has 0 aromatic carbocycles. The van der Waals surface area contributed by atoms with Crippen LogP contribution in [0.2, 0.25) is 0 Å². The lowest BCUT2D eigenvalue weighted by atomic mass is 9.74. The predicted octanol–water partition coefficient (Wildman–Crippen LogP) is 1.77. The maximum Gasteiger partial charge on any atom is 0.0697 e. The summed E-state index contributed by atoms with van der Waals surface area (Å²) >= 11 is 0. The van der Waals surface area contributed by atoms with Crippen molar-refractivity contribution < 1.29 is 4.74 Å². The summed E-state index contributed by atoms with van der Waals surface area (Å²) in [4.78, 5) is 2.59. The molecule has 2 aliphatic heterocycles. The van der Waals surface area contributed by atoms with Gasteiger partial charge >= 0.3 is 0 Å². The fraction of sp³-hybridized carbons (Fsp3) is 1.00. The van der Waals surface area contributed by atoms with Gasteiger partial charge in [0.15, 0.2) is 0 Å². The Kier molecular flexibility index (Phi) is 3.69. The summed E-state index contributed by atoms with van der Waals surface area (Å²) in [5.41, 5.74) is 0.295. The zero-order valence-electron chi connectivity index (χ0n) is 10.9. The van der Waals surface area contributed by atoms with Gasteiger partial charge in [-0.1, -0.05) is 0 Å². The number of nitrogens with zero attached hydrogens (tertiary/aromatic N) is 1. The summed E-state index contributed by atoms with van der Waals surface area (Å²) in [5, 5.41) is 3.75. The van der Waals surface area contributed by atoms with Crippen molar-refractivity contribution >= 4 is 0 Å². The van der Waals surface area contributed by atoms with E-state index in [0.717, 1.165) is 6.61 Å². The third-order valence-corrected chi connectivity index (χ3v) is 4.82. The van der Waals surface area contributed by atoms with Crippen molar-refractivity contribution in [2.24, 2.45) is 0 Å². The van der Waals surface area contributed by atoms with Crippen molar-refractivity contribution in [1.29, 1.82) is 0 Å². The fourth-order valence-electron chi connectivity index (χ4n) is 3.55. The van der Waals surface area contributed by atoms with Crippen LogP contribution in [0.25, 0.3) is 0 Å². The largest absolute Gasteiger partial charge is 0.375 e. The maximum absolute atomic E-state index is 5.96. The summed E-state index contributed by atoms with van der Waals surface area (Å²) in [6.45, 7) is 6.02. The highest BCUT2D eigenvalue weighted by Gasteiger charge is 2.42. The Hall–Kier alpha value is -0.120. The Balaban J connectivity index is 1.36. The Labute approximate surface area is 105 Å². The molecule has 1 aliphatic carbocycles. The van der Waals surface area contributed by atoms with E-state index in [2.05, 4.69) is 10.2 Å². The van der Waals surface area contributed by atoms with Crippen LogP contribution in [0.1, 0.15) is 44.9 Å². The number of hydrogen-bond acceptors (Lipinski definition) is 3. The van der Waals surface area contributed by atoms with Crippen LogP contribution in [0.15, 0.2) is 0 Å². The molecule has 98 valence electrons. The van der Waals surface area contributed by atoms with E-state index in [4.69, 9.17) is 4.74 Å². The first kappa shape index (κ1) is 11.9. The van der Waals surface area contributed by atoms with Crippen molar-refractivity contribution in [3.63, 3.8) is 0 Å². The van der Waals surface area contributed by atoms with Crippen LogP contribution in [-0.4, -0.2) is 49.3 Å². The number of likely N-dealkylation sites (tertiary alicyclic amines) is 1. The third kappa shape index (κ3) is 2.83. The molecule has 3 heteroatoms. The van der Waals surface area contributed by atoms with E-state index in [1.165, 1.54) is 71.1 Å². The smallest absolute Gasteiger partial charge is 0.0697 e. The molecule has 2 saturated heterocycles. The molecule has 3 rings (SSSR count). The van der Waals surface area contributed by atoms with Gasteiger partial charge in [-0.05, 0) is 58.0 Å².